The molecule has 1 fully saturated rings. The summed E-state index contributed by atoms with van der Waals surface area (Å²) in [7, 11) is 0. The van der Waals surface area contributed by atoms with E-state index in [-0.39, 0.29) is 17.0 Å². The van der Waals surface area contributed by atoms with Crippen molar-refractivity contribution in [3.05, 3.63) is 60.3 Å². The van der Waals surface area contributed by atoms with Crippen LogP contribution in [-0.4, -0.2) is 24.1 Å². The summed E-state index contributed by atoms with van der Waals surface area (Å²) in [4.78, 5) is 14.6. The van der Waals surface area contributed by atoms with E-state index in [0.29, 0.717) is 0 Å². The van der Waals surface area contributed by atoms with Crippen molar-refractivity contribution >= 4 is 23.0 Å². The third kappa shape index (κ3) is 4.79. The SMILES string of the molecule is N#C/C(=C/Nc1ccc(N2CCCCC2)cc1)C(=O)Nc1ccccc1O. The number of rotatable bonds is 5. The van der Waals surface area contributed by atoms with Gasteiger partial charge >= 0.3 is 0 Å². The van der Waals surface area contributed by atoms with Crippen LogP contribution in [-0.2, 0) is 4.79 Å². The average molecular weight is 362 g/mol. The second-order valence-electron chi connectivity index (χ2n) is 6.38. The molecule has 6 heteroatoms. The summed E-state index contributed by atoms with van der Waals surface area (Å²) in [6.45, 7) is 2.16. The van der Waals surface area contributed by atoms with E-state index in [0.717, 1.165) is 18.8 Å². The van der Waals surface area contributed by atoms with Crippen molar-refractivity contribution in [2.45, 2.75) is 19.3 Å². The summed E-state index contributed by atoms with van der Waals surface area (Å²) in [6.07, 6.45) is 5.10. The summed E-state index contributed by atoms with van der Waals surface area (Å²) in [5, 5.41) is 24.5. The fourth-order valence-corrected chi connectivity index (χ4v) is 2.99. The second-order valence-corrected chi connectivity index (χ2v) is 6.38. The van der Waals surface area contributed by atoms with E-state index in [9.17, 15) is 15.2 Å². The van der Waals surface area contributed by atoms with Gasteiger partial charge in [-0.3, -0.25) is 4.79 Å². The maximum absolute atomic E-state index is 12.2. The summed E-state index contributed by atoms with van der Waals surface area (Å²) in [6, 6.07) is 16.2. The van der Waals surface area contributed by atoms with E-state index in [2.05, 4.69) is 15.5 Å². The fourth-order valence-electron chi connectivity index (χ4n) is 2.99. The van der Waals surface area contributed by atoms with Crippen molar-refractivity contribution in [3.63, 3.8) is 0 Å². The Morgan fingerprint density at radius 3 is 2.44 bits per heavy atom. The minimum Gasteiger partial charge on any atom is -0.506 e. The van der Waals surface area contributed by atoms with Gasteiger partial charge in [-0.15, -0.1) is 0 Å². The molecule has 0 atom stereocenters. The maximum Gasteiger partial charge on any atom is 0.267 e. The first-order valence-electron chi connectivity index (χ1n) is 8.98. The molecule has 1 saturated heterocycles. The average Bonchev–Trinajstić information content (AvgIpc) is 2.71. The van der Waals surface area contributed by atoms with Crippen molar-refractivity contribution in [2.75, 3.05) is 28.6 Å². The minimum absolute atomic E-state index is 0.0515. The number of benzene rings is 2. The number of nitrogens with zero attached hydrogens (tertiary/aromatic N) is 2. The smallest absolute Gasteiger partial charge is 0.267 e. The number of phenolic OH excluding ortho intramolecular Hbond substituents is 1. The molecule has 0 spiro atoms. The summed E-state index contributed by atoms with van der Waals surface area (Å²) < 4.78 is 0. The topological polar surface area (TPSA) is 88.4 Å². The molecule has 3 N–H and O–H groups in total. The second kappa shape index (κ2) is 8.77. The number of amides is 1. The number of nitriles is 1. The summed E-state index contributed by atoms with van der Waals surface area (Å²) in [5.41, 5.74) is 2.15. The van der Waals surface area contributed by atoms with Crippen LogP contribution in [0.15, 0.2) is 60.3 Å². The Morgan fingerprint density at radius 2 is 1.78 bits per heavy atom. The van der Waals surface area contributed by atoms with Gasteiger partial charge in [-0.1, -0.05) is 12.1 Å². The number of nitrogens with one attached hydrogen (secondary N) is 2. The number of aromatic hydroxyl groups is 1. The van der Waals surface area contributed by atoms with Crippen LogP contribution in [0.2, 0.25) is 0 Å². The predicted molar refractivity (Wildman–Crippen MR) is 107 cm³/mol. The Labute approximate surface area is 158 Å². The van der Waals surface area contributed by atoms with Crippen molar-refractivity contribution in [2.24, 2.45) is 0 Å². The molecule has 0 aromatic heterocycles. The lowest BCUT2D eigenvalue weighted by molar-refractivity contribution is -0.112. The molecule has 1 aliphatic rings. The van der Waals surface area contributed by atoms with Crippen LogP contribution in [0.4, 0.5) is 17.1 Å². The quantitative estimate of drug-likeness (QED) is 0.427. The van der Waals surface area contributed by atoms with E-state index in [1.54, 1.807) is 18.2 Å². The Balaban J connectivity index is 1.63. The highest BCUT2D eigenvalue weighted by molar-refractivity contribution is 6.07. The molecule has 0 radical (unpaired) electrons. The maximum atomic E-state index is 12.2. The zero-order valence-electron chi connectivity index (χ0n) is 15.0. The van der Waals surface area contributed by atoms with Gasteiger partial charge in [-0.2, -0.15) is 5.26 Å². The molecule has 138 valence electrons. The van der Waals surface area contributed by atoms with Crippen LogP contribution in [0.1, 0.15) is 19.3 Å². The highest BCUT2D eigenvalue weighted by atomic mass is 16.3. The molecule has 2 aromatic rings. The monoisotopic (exact) mass is 362 g/mol. The third-order valence-corrected chi connectivity index (χ3v) is 4.49. The van der Waals surface area contributed by atoms with Gasteiger partial charge in [0.05, 0.1) is 5.69 Å². The highest BCUT2D eigenvalue weighted by Gasteiger charge is 2.12. The van der Waals surface area contributed by atoms with Gasteiger partial charge in [0.2, 0.25) is 0 Å². The van der Waals surface area contributed by atoms with Gasteiger partial charge in [-0.25, -0.2) is 0 Å². The van der Waals surface area contributed by atoms with Crippen molar-refractivity contribution in [3.8, 4) is 11.8 Å². The highest BCUT2D eigenvalue weighted by Crippen LogP contribution is 2.23. The van der Waals surface area contributed by atoms with Crippen LogP contribution in [0.5, 0.6) is 5.75 Å². The van der Waals surface area contributed by atoms with E-state index >= 15 is 0 Å². The molecule has 2 aromatic carbocycles. The number of carbonyl (C=O) groups excluding carboxylic acids is 1. The molecule has 0 saturated carbocycles. The lowest BCUT2D eigenvalue weighted by Gasteiger charge is -2.28. The number of carbonyl (C=O) groups is 1. The zero-order valence-corrected chi connectivity index (χ0v) is 15.0. The van der Waals surface area contributed by atoms with E-state index < -0.39 is 5.91 Å². The lowest BCUT2D eigenvalue weighted by atomic mass is 10.1. The van der Waals surface area contributed by atoms with Gasteiger partial charge in [0.1, 0.15) is 17.4 Å². The number of hydrogen-bond acceptors (Lipinski definition) is 5. The van der Waals surface area contributed by atoms with Crippen LogP contribution in [0.3, 0.4) is 0 Å². The van der Waals surface area contributed by atoms with Crippen molar-refractivity contribution < 1.29 is 9.90 Å². The summed E-state index contributed by atoms with van der Waals surface area (Å²) >= 11 is 0. The van der Waals surface area contributed by atoms with Crippen LogP contribution < -0.4 is 15.5 Å². The molecule has 1 amide bonds. The van der Waals surface area contributed by atoms with Gasteiger partial charge in [0.25, 0.3) is 5.91 Å². The number of para-hydroxylation sites is 2. The molecule has 6 nitrogen and oxygen atoms in total. The largest absolute Gasteiger partial charge is 0.506 e. The van der Waals surface area contributed by atoms with Gasteiger partial charge in [-0.05, 0) is 55.7 Å². The first kappa shape index (κ1) is 18.3. The Hall–Kier alpha value is -3.46. The van der Waals surface area contributed by atoms with Gasteiger partial charge in [0.15, 0.2) is 0 Å². The van der Waals surface area contributed by atoms with E-state index in [4.69, 9.17) is 0 Å². The molecule has 1 heterocycles. The number of hydrogen-bond donors (Lipinski definition) is 3. The molecule has 0 bridgehead atoms. The van der Waals surface area contributed by atoms with E-state index in [1.165, 1.54) is 37.2 Å². The third-order valence-electron chi connectivity index (χ3n) is 4.49. The van der Waals surface area contributed by atoms with Crippen LogP contribution >= 0.6 is 0 Å². The van der Waals surface area contributed by atoms with Crippen LogP contribution in [0.25, 0.3) is 0 Å². The molecular formula is C21H22N4O2. The van der Waals surface area contributed by atoms with Crippen molar-refractivity contribution in [1.82, 2.24) is 0 Å². The van der Waals surface area contributed by atoms with Crippen LogP contribution in [0, 0.1) is 11.3 Å². The number of anilines is 3. The molecule has 0 aliphatic carbocycles. The van der Waals surface area contributed by atoms with E-state index in [1.807, 2.05) is 30.3 Å². The lowest BCUT2D eigenvalue weighted by Crippen LogP contribution is -2.29. The molecule has 3 rings (SSSR count). The first-order chi connectivity index (χ1) is 13.2. The van der Waals surface area contributed by atoms with Gasteiger partial charge < -0.3 is 20.6 Å². The molecule has 27 heavy (non-hydrogen) atoms. The molecule has 1 aliphatic heterocycles. The summed E-state index contributed by atoms with van der Waals surface area (Å²) in [5.74, 6) is -0.638. The minimum atomic E-state index is -0.587. The fraction of sp³-hybridized carbons (Fsp3) is 0.238. The first-order valence-corrected chi connectivity index (χ1v) is 8.98. The Kier molecular flexibility index (Phi) is 5.95. The number of piperidine rings is 1. The Bertz CT molecular complexity index is 862. The van der Waals surface area contributed by atoms with Gasteiger partial charge in [0, 0.05) is 30.7 Å². The number of phenols is 1. The standard InChI is InChI=1S/C21H22N4O2/c22-14-16(21(27)24-19-6-2-3-7-20(19)26)15-23-17-8-10-18(11-9-17)25-12-4-1-5-13-25/h2-3,6-11,15,23,26H,1,4-5,12-13H2,(H,24,27)/b16-15-. The molecule has 0 unspecified atom stereocenters. The Morgan fingerprint density at radius 1 is 1.07 bits per heavy atom. The normalized spacial score (nSPS) is 14.3. The molecular weight excluding hydrogens is 340 g/mol. The van der Waals surface area contributed by atoms with Crippen molar-refractivity contribution in [1.29, 1.82) is 5.26 Å². The predicted octanol–water partition coefficient (Wildman–Crippen LogP) is 3.84. The zero-order chi connectivity index (χ0) is 19.1.